The van der Waals surface area contributed by atoms with Crippen molar-refractivity contribution >= 4 is 23.3 Å². The average molecular weight is 488 g/mol. The van der Waals surface area contributed by atoms with E-state index in [4.69, 9.17) is 22.1 Å². The van der Waals surface area contributed by atoms with Crippen molar-refractivity contribution in [3.8, 4) is 17.1 Å². The first kappa shape index (κ1) is 23.8. The Hall–Kier alpha value is -3.30. The quantitative estimate of drug-likeness (QED) is 0.543. The lowest BCUT2D eigenvalue weighted by Gasteiger charge is -2.32. The molecule has 0 bridgehead atoms. The molecular formula is C24H24ClF2N5O2. The number of anilines is 1. The number of nitrogen functional groups attached to an aromatic ring is 1. The van der Waals surface area contributed by atoms with Crippen LogP contribution < -0.4 is 10.5 Å². The average Bonchev–Trinajstić information content (AvgIpc) is 2.83. The third-order valence-electron chi connectivity index (χ3n) is 5.76. The lowest BCUT2D eigenvalue weighted by Crippen LogP contribution is -2.47. The Morgan fingerprint density at radius 2 is 1.74 bits per heavy atom. The fourth-order valence-corrected chi connectivity index (χ4v) is 4.03. The zero-order valence-electron chi connectivity index (χ0n) is 18.8. The summed E-state index contributed by atoms with van der Waals surface area (Å²) < 4.78 is 33.8. The maximum Gasteiger partial charge on any atom is 0.258 e. The second kappa shape index (κ2) is 9.90. The Kier molecular flexibility index (Phi) is 6.95. The van der Waals surface area contributed by atoms with Gasteiger partial charge in [-0.05, 0) is 38.2 Å². The van der Waals surface area contributed by atoms with Crippen LogP contribution in [0.1, 0.15) is 28.9 Å². The number of ether oxygens (including phenoxy) is 1. The molecule has 178 valence electrons. The lowest BCUT2D eigenvalue weighted by molar-refractivity contribution is 0.0664. The van der Waals surface area contributed by atoms with E-state index in [1.807, 2.05) is 11.9 Å². The number of carbonyl (C=O) groups excluding carboxylic acids is 1. The Labute approximate surface area is 201 Å². The first-order valence-corrected chi connectivity index (χ1v) is 11.1. The number of likely N-dealkylation sites (N-methyl/N-ethyl adjacent to an activating group) is 1. The number of carbonyl (C=O) groups is 1. The minimum absolute atomic E-state index is 0.00889. The molecule has 1 aliphatic rings. The van der Waals surface area contributed by atoms with Gasteiger partial charge in [0, 0.05) is 42.9 Å². The maximum absolute atomic E-state index is 14.3. The van der Waals surface area contributed by atoms with Gasteiger partial charge in [0.25, 0.3) is 11.8 Å². The number of nitrogens with two attached hydrogens (primary N) is 1. The number of aromatic nitrogens is 2. The van der Waals surface area contributed by atoms with Crippen LogP contribution in [0.4, 0.5) is 14.6 Å². The van der Waals surface area contributed by atoms with Crippen LogP contribution in [0.25, 0.3) is 11.3 Å². The van der Waals surface area contributed by atoms with Crippen LogP contribution in [-0.2, 0) is 0 Å². The smallest absolute Gasteiger partial charge is 0.258 e. The molecule has 0 spiro atoms. The zero-order valence-corrected chi connectivity index (χ0v) is 19.5. The lowest BCUT2D eigenvalue weighted by atomic mass is 10.1. The maximum atomic E-state index is 14.3. The highest BCUT2D eigenvalue weighted by molar-refractivity contribution is 6.31. The third kappa shape index (κ3) is 4.95. The minimum atomic E-state index is -0.973. The summed E-state index contributed by atoms with van der Waals surface area (Å²) in [5, 5.41) is -0.365. The molecule has 4 rings (SSSR count). The van der Waals surface area contributed by atoms with E-state index in [0.29, 0.717) is 29.9 Å². The van der Waals surface area contributed by atoms with Gasteiger partial charge >= 0.3 is 0 Å². The largest absolute Gasteiger partial charge is 0.467 e. The molecule has 2 N–H and O–H groups in total. The predicted octanol–water partition coefficient (Wildman–Crippen LogP) is 4.19. The van der Waals surface area contributed by atoms with Crippen LogP contribution in [0, 0.1) is 11.6 Å². The molecule has 7 nitrogen and oxygen atoms in total. The van der Waals surface area contributed by atoms with Gasteiger partial charge < -0.3 is 20.3 Å². The van der Waals surface area contributed by atoms with Gasteiger partial charge in [-0.2, -0.15) is 0 Å². The molecule has 1 unspecified atom stereocenters. The van der Waals surface area contributed by atoms with Gasteiger partial charge in [-0.25, -0.2) is 18.7 Å². The summed E-state index contributed by atoms with van der Waals surface area (Å²) in [6.45, 7) is 4.58. The molecule has 1 aromatic heterocycles. The summed E-state index contributed by atoms with van der Waals surface area (Å²) in [5.74, 6) is -1.53. The second-order valence-corrected chi connectivity index (χ2v) is 8.51. The van der Waals surface area contributed by atoms with E-state index in [2.05, 4.69) is 14.9 Å². The van der Waals surface area contributed by atoms with E-state index < -0.39 is 17.7 Å². The van der Waals surface area contributed by atoms with Crippen molar-refractivity contribution in [1.29, 1.82) is 0 Å². The van der Waals surface area contributed by atoms with Crippen LogP contribution >= 0.6 is 11.6 Å². The van der Waals surface area contributed by atoms with Gasteiger partial charge in [0.1, 0.15) is 17.7 Å². The highest BCUT2D eigenvalue weighted by Crippen LogP contribution is 2.33. The van der Waals surface area contributed by atoms with Crippen LogP contribution in [0.3, 0.4) is 0 Å². The van der Waals surface area contributed by atoms with Crippen molar-refractivity contribution in [2.24, 2.45) is 0 Å². The number of halogens is 3. The second-order valence-electron chi connectivity index (χ2n) is 8.14. The normalized spacial score (nSPS) is 15.3. The molecule has 34 heavy (non-hydrogen) atoms. The van der Waals surface area contributed by atoms with Crippen LogP contribution in [0.5, 0.6) is 5.88 Å². The summed E-state index contributed by atoms with van der Waals surface area (Å²) in [6, 6.07) is 8.92. The van der Waals surface area contributed by atoms with Crippen LogP contribution in [0.2, 0.25) is 5.02 Å². The first-order chi connectivity index (χ1) is 16.2. The molecule has 0 aliphatic carbocycles. The van der Waals surface area contributed by atoms with E-state index in [0.717, 1.165) is 25.2 Å². The van der Waals surface area contributed by atoms with Crippen molar-refractivity contribution in [1.82, 2.24) is 19.8 Å². The summed E-state index contributed by atoms with van der Waals surface area (Å²) in [7, 11) is 2.03. The number of hydrogen-bond acceptors (Lipinski definition) is 6. The van der Waals surface area contributed by atoms with Crippen molar-refractivity contribution in [2.45, 2.75) is 13.0 Å². The number of nitrogens with zero attached hydrogens (tertiary/aromatic N) is 4. The first-order valence-electron chi connectivity index (χ1n) is 10.8. The fourth-order valence-electron chi connectivity index (χ4n) is 3.72. The highest BCUT2D eigenvalue weighted by atomic mass is 35.5. The molecule has 1 saturated heterocycles. The van der Waals surface area contributed by atoms with Gasteiger partial charge in [-0.3, -0.25) is 4.79 Å². The number of amides is 1. The Bertz CT molecular complexity index is 1200. The van der Waals surface area contributed by atoms with E-state index >= 15 is 0 Å². The molecule has 2 aromatic carbocycles. The van der Waals surface area contributed by atoms with Crippen LogP contribution in [0.15, 0.2) is 42.6 Å². The Morgan fingerprint density at radius 1 is 1.09 bits per heavy atom. The van der Waals surface area contributed by atoms with Crippen LogP contribution in [-0.4, -0.2) is 58.9 Å². The summed E-state index contributed by atoms with van der Waals surface area (Å²) in [5.41, 5.74) is 7.48. The monoisotopic (exact) mass is 487 g/mol. The summed E-state index contributed by atoms with van der Waals surface area (Å²) >= 11 is 5.93. The van der Waals surface area contributed by atoms with E-state index in [9.17, 15) is 13.6 Å². The molecule has 1 aliphatic heterocycles. The minimum Gasteiger partial charge on any atom is -0.467 e. The topological polar surface area (TPSA) is 84.6 Å². The van der Waals surface area contributed by atoms with Gasteiger partial charge in [0.15, 0.2) is 5.82 Å². The van der Waals surface area contributed by atoms with Gasteiger partial charge in [-0.1, -0.05) is 23.7 Å². The Morgan fingerprint density at radius 3 is 2.41 bits per heavy atom. The molecule has 1 fully saturated rings. The molecular weight excluding hydrogens is 464 g/mol. The zero-order chi connectivity index (χ0) is 24.4. The van der Waals surface area contributed by atoms with Crippen molar-refractivity contribution in [2.75, 3.05) is 39.0 Å². The van der Waals surface area contributed by atoms with Crippen molar-refractivity contribution in [3.05, 3.63) is 70.4 Å². The third-order valence-corrected chi connectivity index (χ3v) is 6.14. The molecule has 0 saturated carbocycles. The van der Waals surface area contributed by atoms with Gasteiger partial charge in [-0.15, -0.1) is 0 Å². The number of benzene rings is 2. The van der Waals surface area contributed by atoms with Gasteiger partial charge in [0.05, 0.1) is 16.9 Å². The standard InChI is InChI=1S/C24H24ClF2N5O2/c1-14(20-17(26)7-8-18(27)21(20)25)34-23-22(28)29-13-19(30-23)15-3-5-16(6-4-15)24(33)32-11-9-31(2)10-12-32/h3-8,13-14H,9-12H2,1-2H3,(H2,28,29). The van der Waals surface area contributed by atoms with E-state index in [1.54, 1.807) is 24.3 Å². The van der Waals surface area contributed by atoms with Gasteiger partial charge in [0.2, 0.25) is 0 Å². The number of hydrogen-bond donors (Lipinski definition) is 1. The molecule has 2 heterocycles. The highest BCUT2D eigenvalue weighted by Gasteiger charge is 2.22. The SMILES string of the molecule is CC(Oc1nc(-c2ccc(C(=O)N3CCN(C)CC3)cc2)cnc1N)c1c(F)ccc(F)c1Cl. The molecule has 10 heteroatoms. The predicted molar refractivity (Wildman–Crippen MR) is 126 cm³/mol. The van der Waals surface area contributed by atoms with E-state index in [1.165, 1.54) is 13.1 Å². The number of piperazine rings is 1. The molecule has 1 amide bonds. The fraction of sp³-hybridized carbons (Fsp3) is 0.292. The Balaban J connectivity index is 1.53. The number of rotatable bonds is 5. The summed E-state index contributed by atoms with van der Waals surface area (Å²) in [4.78, 5) is 25.3. The molecule has 0 radical (unpaired) electrons. The van der Waals surface area contributed by atoms with Crippen molar-refractivity contribution in [3.63, 3.8) is 0 Å². The molecule has 1 atom stereocenters. The van der Waals surface area contributed by atoms with Crippen molar-refractivity contribution < 1.29 is 18.3 Å². The molecule has 3 aromatic rings. The summed E-state index contributed by atoms with van der Waals surface area (Å²) in [6.07, 6.45) is 0.499. The van der Waals surface area contributed by atoms with E-state index in [-0.39, 0.29) is 28.2 Å².